The number of carbonyl (C=O) groups excluding carboxylic acids is 1. The second-order valence-corrected chi connectivity index (χ2v) is 5.24. The first-order chi connectivity index (χ1) is 11.5. The van der Waals surface area contributed by atoms with Crippen molar-refractivity contribution in [2.75, 3.05) is 0 Å². The zero-order chi connectivity index (χ0) is 17.1. The Bertz CT molecular complexity index is 944. The summed E-state index contributed by atoms with van der Waals surface area (Å²) in [6.45, 7) is -0.104. The number of fused-ring (bicyclic) bond motifs is 1. The molecule has 0 aliphatic carbocycles. The van der Waals surface area contributed by atoms with Crippen LogP contribution in [0, 0.1) is 5.82 Å². The van der Waals surface area contributed by atoms with Gasteiger partial charge < -0.3 is 14.3 Å². The molecule has 1 N–H and O–H groups in total. The van der Waals surface area contributed by atoms with Crippen LogP contribution in [-0.2, 0) is 22.6 Å². The van der Waals surface area contributed by atoms with Gasteiger partial charge in [-0.25, -0.2) is 9.18 Å². The number of carbonyl (C=O) groups is 1. The standard InChI is InChI=1S/C18H13FO5/c19-13-3-1-11(2-4-13)7-17(21)23-10-12-8-18(22)24-16-9-14(20)5-6-15(12)16/h1-6,8-9,20H,7,10H2. The van der Waals surface area contributed by atoms with Gasteiger partial charge in [0.05, 0.1) is 6.42 Å². The number of phenols is 1. The topological polar surface area (TPSA) is 76.7 Å². The largest absolute Gasteiger partial charge is 0.508 e. The van der Waals surface area contributed by atoms with Crippen molar-refractivity contribution < 1.29 is 23.4 Å². The van der Waals surface area contributed by atoms with Gasteiger partial charge in [-0.15, -0.1) is 0 Å². The minimum Gasteiger partial charge on any atom is -0.508 e. The number of benzene rings is 2. The van der Waals surface area contributed by atoms with E-state index in [4.69, 9.17) is 9.15 Å². The molecule has 0 saturated carbocycles. The summed E-state index contributed by atoms with van der Waals surface area (Å²) in [5.41, 5.74) is 0.724. The Morgan fingerprint density at radius 1 is 1.12 bits per heavy atom. The second-order valence-electron chi connectivity index (χ2n) is 5.24. The number of esters is 1. The predicted octanol–water partition coefficient (Wildman–Crippen LogP) is 2.92. The molecule has 6 heteroatoms. The maximum Gasteiger partial charge on any atom is 0.336 e. The van der Waals surface area contributed by atoms with Crippen LogP contribution in [0.4, 0.5) is 4.39 Å². The van der Waals surface area contributed by atoms with E-state index in [1.807, 2.05) is 0 Å². The number of ether oxygens (including phenoxy) is 1. The summed E-state index contributed by atoms with van der Waals surface area (Å²) in [5, 5.41) is 10.0. The number of halogens is 1. The molecule has 0 bridgehead atoms. The highest BCUT2D eigenvalue weighted by molar-refractivity contribution is 5.81. The molecular formula is C18H13FO5. The third kappa shape index (κ3) is 3.60. The Morgan fingerprint density at radius 2 is 1.88 bits per heavy atom. The van der Waals surface area contributed by atoms with E-state index in [0.717, 1.165) is 0 Å². The SMILES string of the molecule is O=C(Cc1ccc(F)cc1)OCc1cc(=O)oc2cc(O)ccc12. The number of phenolic OH excluding ortho intramolecular Hbond substituents is 1. The van der Waals surface area contributed by atoms with E-state index in [1.54, 1.807) is 6.07 Å². The van der Waals surface area contributed by atoms with Crippen LogP contribution in [0.25, 0.3) is 11.0 Å². The van der Waals surface area contributed by atoms with Crippen LogP contribution in [0.1, 0.15) is 11.1 Å². The molecule has 0 spiro atoms. The molecule has 3 aromatic rings. The summed E-state index contributed by atoms with van der Waals surface area (Å²) < 4.78 is 23.0. The molecular weight excluding hydrogens is 315 g/mol. The molecule has 0 aliphatic rings. The van der Waals surface area contributed by atoms with Crippen LogP contribution in [-0.4, -0.2) is 11.1 Å². The van der Waals surface area contributed by atoms with E-state index >= 15 is 0 Å². The molecule has 1 heterocycles. The fourth-order valence-electron chi connectivity index (χ4n) is 2.32. The van der Waals surface area contributed by atoms with Crippen molar-refractivity contribution in [1.29, 1.82) is 0 Å². The molecule has 122 valence electrons. The van der Waals surface area contributed by atoms with E-state index in [9.17, 15) is 19.1 Å². The fourth-order valence-corrected chi connectivity index (χ4v) is 2.32. The van der Waals surface area contributed by atoms with Gasteiger partial charge in [0, 0.05) is 23.1 Å². The smallest absolute Gasteiger partial charge is 0.336 e. The van der Waals surface area contributed by atoms with Crippen LogP contribution >= 0.6 is 0 Å². The Balaban J connectivity index is 1.74. The molecule has 0 atom stereocenters. The van der Waals surface area contributed by atoms with Gasteiger partial charge in [0.15, 0.2) is 0 Å². The lowest BCUT2D eigenvalue weighted by atomic mass is 10.1. The monoisotopic (exact) mass is 328 g/mol. The lowest BCUT2D eigenvalue weighted by molar-refractivity contribution is -0.144. The van der Waals surface area contributed by atoms with Crippen molar-refractivity contribution in [2.24, 2.45) is 0 Å². The Hall–Kier alpha value is -3.15. The van der Waals surface area contributed by atoms with Crippen molar-refractivity contribution >= 4 is 16.9 Å². The van der Waals surface area contributed by atoms with Gasteiger partial charge in [-0.3, -0.25) is 4.79 Å². The molecule has 3 rings (SSSR count). The predicted molar refractivity (Wildman–Crippen MR) is 84.0 cm³/mol. The van der Waals surface area contributed by atoms with Gasteiger partial charge >= 0.3 is 11.6 Å². The average molecular weight is 328 g/mol. The Labute approximate surface area is 135 Å². The van der Waals surface area contributed by atoms with Gasteiger partial charge in [0.1, 0.15) is 23.8 Å². The average Bonchev–Trinajstić information content (AvgIpc) is 2.54. The van der Waals surface area contributed by atoms with Gasteiger partial charge in [0.25, 0.3) is 0 Å². The first-order valence-electron chi connectivity index (χ1n) is 7.17. The highest BCUT2D eigenvalue weighted by Crippen LogP contribution is 2.22. The van der Waals surface area contributed by atoms with Crippen LogP contribution < -0.4 is 5.63 Å². The first kappa shape index (κ1) is 15.7. The Kier molecular flexibility index (Phi) is 4.29. The quantitative estimate of drug-likeness (QED) is 0.588. The summed E-state index contributed by atoms with van der Waals surface area (Å²) in [5.74, 6) is -0.907. The van der Waals surface area contributed by atoms with Gasteiger partial charge in [0.2, 0.25) is 0 Å². The van der Waals surface area contributed by atoms with Crippen molar-refractivity contribution in [3.8, 4) is 5.75 Å². The minimum atomic E-state index is -0.599. The lowest BCUT2D eigenvalue weighted by Gasteiger charge is -2.07. The second kappa shape index (κ2) is 6.54. The molecule has 0 fully saturated rings. The maximum atomic E-state index is 12.8. The summed E-state index contributed by atoms with van der Waals surface area (Å²) >= 11 is 0. The van der Waals surface area contributed by atoms with Crippen LogP contribution in [0.15, 0.2) is 57.7 Å². The number of aromatic hydroxyl groups is 1. The first-order valence-corrected chi connectivity index (χ1v) is 7.17. The van der Waals surface area contributed by atoms with Crippen molar-refractivity contribution in [1.82, 2.24) is 0 Å². The summed E-state index contributed by atoms with van der Waals surface area (Å²) in [6.07, 6.45) is 0.000438. The molecule has 5 nitrogen and oxygen atoms in total. The highest BCUT2D eigenvalue weighted by Gasteiger charge is 2.10. The summed E-state index contributed by atoms with van der Waals surface area (Å²) in [4.78, 5) is 23.4. The third-order valence-electron chi connectivity index (χ3n) is 3.46. The molecule has 0 unspecified atom stereocenters. The molecule has 0 amide bonds. The number of hydrogen-bond acceptors (Lipinski definition) is 5. The van der Waals surface area contributed by atoms with Gasteiger partial charge in [-0.2, -0.15) is 0 Å². The molecule has 0 aliphatic heterocycles. The lowest BCUT2D eigenvalue weighted by Crippen LogP contribution is -2.10. The molecule has 1 aromatic heterocycles. The van der Waals surface area contributed by atoms with Crippen LogP contribution in [0.2, 0.25) is 0 Å². The maximum absolute atomic E-state index is 12.8. The zero-order valence-electron chi connectivity index (χ0n) is 12.5. The van der Waals surface area contributed by atoms with E-state index in [1.165, 1.54) is 42.5 Å². The van der Waals surface area contributed by atoms with Gasteiger partial charge in [-0.1, -0.05) is 12.1 Å². The van der Waals surface area contributed by atoms with Crippen molar-refractivity contribution in [3.63, 3.8) is 0 Å². The molecule has 0 radical (unpaired) electrons. The summed E-state index contributed by atoms with van der Waals surface area (Å²) in [7, 11) is 0. The van der Waals surface area contributed by atoms with Crippen LogP contribution in [0.3, 0.4) is 0 Å². The zero-order valence-corrected chi connectivity index (χ0v) is 12.5. The normalized spacial score (nSPS) is 10.7. The van der Waals surface area contributed by atoms with E-state index < -0.39 is 11.6 Å². The molecule has 24 heavy (non-hydrogen) atoms. The number of hydrogen-bond donors (Lipinski definition) is 1. The van der Waals surface area contributed by atoms with E-state index in [-0.39, 0.29) is 30.2 Å². The van der Waals surface area contributed by atoms with E-state index in [2.05, 4.69) is 0 Å². The van der Waals surface area contributed by atoms with Crippen molar-refractivity contribution in [3.05, 3.63) is 75.9 Å². The molecule has 0 saturated heterocycles. The number of rotatable bonds is 4. The Morgan fingerprint density at radius 3 is 2.62 bits per heavy atom. The van der Waals surface area contributed by atoms with Gasteiger partial charge in [-0.05, 0) is 29.8 Å². The molecule has 2 aromatic carbocycles. The third-order valence-corrected chi connectivity index (χ3v) is 3.46. The van der Waals surface area contributed by atoms with Crippen LogP contribution in [0.5, 0.6) is 5.75 Å². The fraction of sp³-hybridized carbons (Fsp3) is 0.111. The summed E-state index contributed by atoms with van der Waals surface area (Å²) in [6, 6.07) is 11.1. The van der Waals surface area contributed by atoms with E-state index in [0.29, 0.717) is 16.5 Å². The minimum absolute atomic E-state index is 0.000438. The van der Waals surface area contributed by atoms with Crippen molar-refractivity contribution in [2.45, 2.75) is 13.0 Å². The highest BCUT2D eigenvalue weighted by atomic mass is 19.1.